The highest BCUT2D eigenvalue weighted by atomic mass is 16.5. The zero-order chi connectivity index (χ0) is 17.8. The first-order chi connectivity index (χ1) is 12.1. The Morgan fingerprint density at radius 3 is 2.88 bits per heavy atom. The molecule has 25 heavy (non-hydrogen) atoms. The van der Waals surface area contributed by atoms with Gasteiger partial charge in [0.15, 0.2) is 11.5 Å². The number of aryl methyl sites for hydroxylation is 1. The summed E-state index contributed by atoms with van der Waals surface area (Å²) in [6.07, 6.45) is 5.04. The summed E-state index contributed by atoms with van der Waals surface area (Å²) in [5.74, 6) is 1.63. The van der Waals surface area contributed by atoms with E-state index < -0.39 is 0 Å². The zero-order valence-electron chi connectivity index (χ0n) is 15.5. The Kier molecular flexibility index (Phi) is 5.39. The minimum absolute atomic E-state index is 0.404. The largest absolute Gasteiger partial charge is 0.493 e. The summed E-state index contributed by atoms with van der Waals surface area (Å²) in [6, 6.07) is 10.5. The van der Waals surface area contributed by atoms with Gasteiger partial charge < -0.3 is 9.47 Å². The van der Waals surface area contributed by atoms with Gasteiger partial charge in [0.1, 0.15) is 6.61 Å². The van der Waals surface area contributed by atoms with E-state index in [0.29, 0.717) is 12.6 Å². The molecule has 1 unspecified atom stereocenters. The van der Waals surface area contributed by atoms with Gasteiger partial charge in [0, 0.05) is 36.5 Å². The van der Waals surface area contributed by atoms with Gasteiger partial charge in [0.05, 0.1) is 7.11 Å². The second-order valence-electron chi connectivity index (χ2n) is 6.71. The number of fused-ring (bicyclic) bond motifs is 1. The fourth-order valence-electron chi connectivity index (χ4n) is 3.12. The van der Waals surface area contributed by atoms with Crippen LogP contribution in [0.15, 0.2) is 42.1 Å². The number of nitrogens with zero attached hydrogens (tertiary/aromatic N) is 2. The number of aromatic nitrogens is 1. The predicted octanol–water partition coefficient (Wildman–Crippen LogP) is 3.74. The average Bonchev–Trinajstić information content (AvgIpc) is 2.62. The van der Waals surface area contributed by atoms with Crippen LogP contribution < -0.4 is 9.47 Å². The van der Waals surface area contributed by atoms with Crippen LogP contribution in [0.3, 0.4) is 0 Å². The van der Waals surface area contributed by atoms with Crippen molar-refractivity contribution >= 4 is 6.08 Å². The molecule has 1 aliphatic rings. The summed E-state index contributed by atoms with van der Waals surface area (Å²) in [5.41, 5.74) is 4.78. The Bertz CT molecular complexity index is 770. The molecule has 2 aromatic rings. The Hall–Kier alpha value is -2.33. The van der Waals surface area contributed by atoms with Crippen molar-refractivity contribution < 1.29 is 9.47 Å². The van der Waals surface area contributed by atoms with E-state index >= 15 is 0 Å². The van der Waals surface area contributed by atoms with Crippen molar-refractivity contribution in [3.63, 3.8) is 0 Å². The van der Waals surface area contributed by atoms with Crippen molar-refractivity contribution in [2.45, 2.75) is 26.3 Å². The van der Waals surface area contributed by atoms with Crippen molar-refractivity contribution in [1.29, 1.82) is 0 Å². The minimum Gasteiger partial charge on any atom is -0.493 e. The van der Waals surface area contributed by atoms with Crippen LogP contribution in [0.5, 0.6) is 11.5 Å². The van der Waals surface area contributed by atoms with Crippen molar-refractivity contribution in [3.8, 4) is 11.5 Å². The van der Waals surface area contributed by atoms with Crippen LogP contribution in [0.4, 0.5) is 0 Å². The van der Waals surface area contributed by atoms with Crippen LogP contribution in [0.2, 0.25) is 0 Å². The van der Waals surface area contributed by atoms with Gasteiger partial charge >= 0.3 is 0 Å². The molecule has 0 N–H and O–H groups in total. The highest BCUT2D eigenvalue weighted by Crippen LogP contribution is 2.35. The molecule has 4 heteroatoms. The zero-order valence-corrected chi connectivity index (χ0v) is 15.5. The quantitative estimate of drug-likeness (QED) is 0.804. The molecule has 0 spiro atoms. The van der Waals surface area contributed by atoms with E-state index in [4.69, 9.17) is 9.47 Å². The Balaban J connectivity index is 1.67. The summed E-state index contributed by atoms with van der Waals surface area (Å²) in [7, 11) is 3.83. The molecule has 132 valence electrons. The van der Waals surface area contributed by atoms with Gasteiger partial charge in [-0.15, -0.1) is 0 Å². The number of para-hydroxylation sites is 1. The van der Waals surface area contributed by atoms with Crippen molar-refractivity contribution in [2.75, 3.05) is 27.3 Å². The average molecular weight is 338 g/mol. The Morgan fingerprint density at radius 2 is 2.12 bits per heavy atom. The van der Waals surface area contributed by atoms with Gasteiger partial charge in [0.25, 0.3) is 0 Å². The fraction of sp³-hybridized carbons (Fsp3) is 0.381. The molecule has 0 fully saturated rings. The van der Waals surface area contributed by atoms with E-state index in [9.17, 15) is 0 Å². The molecule has 0 saturated heterocycles. The fourth-order valence-corrected chi connectivity index (χ4v) is 3.12. The number of likely N-dealkylation sites (N-methyl/N-ethyl adjacent to an activating group) is 1. The number of hydrogen-bond acceptors (Lipinski definition) is 4. The van der Waals surface area contributed by atoms with Gasteiger partial charge in [-0.2, -0.15) is 0 Å². The molecule has 0 saturated carbocycles. The van der Waals surface area contributed by atoms with Crippen molar-refractivity contribution in [1.82, 2.24) is 9.88 Å². The first-order valence-corrected chi connectivity index (χ1v) is 8.68. The molecular formula is C21H26N2O2. The van der Waals surface area contributed by atoms with E-state index in [1.54, 1.807) is 7.11 Å². The van der Waals surface area contributed by atoms with Crippen LogP contribution in [0.25, 0.3) is 6.08 Å². The van der Waals surface area contributed by atoms with Gasteiger partial charge in [-0.1, -0.05) is 18.2 Å². The first-order valence-electron chi connectivity index (χ1n) is 8.68. The number of pyridine rings is 1. The molecule has 1 aliphatic heterocycles. The third-order valence-corrected chi connectivity index (χ3v) is 4.80. The second kappa shape index (κ2) is 7.70. The summed E-state index contributed by atoms with van der Waals surface area (Å²) in [4.78, 5) is 6.87. The van der Waals surface area contributed by atoms with E-state index in [0.717, 1.165) is 30.0 Å². The van der Waals surface area contributed by atoms with E-state index in [1.807, 2.05) is 24.4 Å². The molecule has 4 nitrogen and oxygen atoms in total. The SMILES string of the molecule is COc1cccc2c1OCC(CN(C)C(C)Cc1ncccc1C)=C2. The summed E-state index contributed by atoms with van der Waals surface area (Å²) < 4.78 is 11.3. The van der Waals surface area contributed by atoms with Crippen LogP contribution in [-0.2, 0) is 6.42 Å². The molecule has 1 aromatic heterocycles. The lowest BCUT2D eigenvalue weighted by Gasteiger charge is -2.28. The molecule has 0 aliphatic carbocycles. The lowest BCUT2D eigenvalue weighted by atomic mass is 10.0. The van der Waals surface area contributed by atoms with Gasteiger partial charge in [0.2, 0.25) is 0 Å². The van der Waals surface area contributed by atoms with E-state index in [2.05, 4.69) is 49.0 Å². The molecule has 3 rings (SSSR count). The summed E-state index contributed by atoms with van der Waals surface area (Å²) >= 11 is 0. The van der Waals surface area contributed by atoms with Crippen LogP contribution in [-0.4, -0.2) is 43.2 Å². The predicted molar refractivity (Wildman–Crippen MR) is 101 cm³/mol. The number of methoxy groups -OCH3 is 1. The molecule has 0 bridgehead atoms. The van der Waals surface area contributed by atoms with Crippen molar-refractivity contribution in [3.05, 3.63) is 58.9 Å². The molecule has 1 atom stereocenters. The van der Waals surface area contributed by atoms with Crippen LogP contribution in [0.1, 0.15) is 23.7 Å². The summed E-state index contributed by atoms with van der Waals surface area (Å²) in [5, 5.41) is 0. The second-order valence-corrected chi connectivity index (χ2v) is 6.71. The lowest BCUT2D eigenvalue weighted by molar-refractivity contribution is 0.254. The van der Waals surface area contributed by atoms with Crippen LogP contribution >= 0.6 is 0 Å². The maximum Gasteiger partial charge on any atom is 0.168 e. The maximum absolute atomic E-state index is 5.94. The van der Waals surface area contributed by atoms with Gasteiger partial charge in [-0.3, -0.25) is 9.88 Å². The molecular weight excluding hydrogens is 312 g/mol. The van der Waals surface area contributed by atoms with Crippen LogP contribution in [0, 0.1) is 6.92 Å². The Labute approximate surface area is 150 Å². The smallest absolute Gasteiger partial charge is 0.168 e. The molecule has 0 amide bonds. The van der Waals surface area contributed by atoms with E-state index in [1.165, 1.54) is 16.8 Å². The number of ether oxygens (including phenoxy) is 2. The van der Waals surface area contributed by atoms with Gasteiger partial charge in [-0.05, 0) is 50.2 Å². The lowest BCUT2D eigenvalue weighted by Crippen LogP contribution is -2.34. The molecule has 0 radical (unpaired) electrons. The molecule has 2 heterocycles. The number of hydrogen-bond donors (Lipinski definition) is 0. The normalized spacial score (nSPS) is 14.5. The summed E-state index contributed by atoms with van der Waals surface area (Å²) in [6.45, 7) is 5.85. The highest BCUT2D eigenvalue weighted by Gasteiger charge is 2.19. The standard InChI is InChI=1S/C21H26N2O2/c1-15-7-6-10-22-19(15)11-16(2)23(3)13-17-12-18-8-5-9-20(24-4)21(18)25-14-17/h5-10,12,16H,11,13-14H2,1-4H3. The molecule has 1 aromatic carbocycles. The number of rotatable bonds is 6. The first kappa shape index (κ1) is 17.5. The topological polar surface area (TPSA) is 34.6 Å². The van der Waals surface area contributed by atoms with E-state index in [-0.39, 0.29) is 0 Å². The third-order valence-electron chi connectivity index (χ3n) is 4.80. The monoisotopic (exact) mass is 338 g/mol. The number of benzene rings is 1. The van der Waals surface area contributed by atoms with Gasteiger partial charge in [-0.25, -0.2) is 0 Å². The van der Waals surface area contributed by atoms with Crippen molar-refractivity contribution in [2.24, 2.45) is 0 Å². The highest BCUT2D eigenvalue weighted by molar-refractivity contribution is 5.66. The minimum atomic E-state index is 0.404. The maximum atomic E-state index is 5.94. The Morgan fingerprint density at radius 1 is 1.28 bits per heavy atom. The third kappa shape index (κ3) is 4.02.